The molecule has 0 aliphatic carbocycles. The normalized spacial score (nSPS) is 11.1. The summed E-state index contributed by atoms with van der Waals surface area (Å²) in [5, 5.41) is 15.9. The number of aromatic amines is 1. The van der Waals surface area contributed by atoms with E-state index in [9.17, 15) is 10.1 Å². The maximum Gasteiger partial charge on any atom is 0.269 e. The number of non-ortho nitro benzene ring substituents is 1. The van der Waals surface area contributed by atoms with Gasteiger partial charge in [0.25, 0.3) is 5.69 Å². The molecule has 4 rings (SSSR count). The van der Waals surface area contributed by atoms with Crippen molar-refractivity contribution in [1.82, 2.24) is 15.1 Å². The third-order valence-electron chi connectivity index (χ3n) is 4.32. The lowest BCUT2D eigenvalue weighted by Crippen LogP contribution is -1.90. The van der Waals surface area contributed by atoms with Crippen LogP contribution in [0.4, 0.5) is 5.69 Å². The second-order valence-electron chi connectivity index (χ2n) is 6.03. The molecule has 0 saturated heterocycles. The van der Waals surface area contributed by atoms with Crippen LogP contribution in [0.3, 0.4) is 0 Å². The summed E-state index contributed by atoms with van der Waals surface area (Å²) < 4.78 is 5.30. The van der Waals surface area contributed by atoms with Crippen molar-refractivity contribution in [3.8, 4) is 11.4 Å². The van der Waals surface area contributed by atoms with Crippen molar-refractivity contribution in [3.63, 3.8) is 0 Å². The number of aromatic nitrogens is 3. The Hall–Kier alpha value is -3.48. The van der Waals surface area contributed by atoms with E-state index in [0.29, 0.717) is 23.7 Å². The maximum atomic E-state index is 10.7. The Bertz CT molecular complexity index is 1050. The average molecular weight is 348 g/mol. The second-order valence-corrected chi connectivity index (χ2v) is 6.03. The summed E-state index contributed by atoms with van der Waals surface area (Å²) >= 11 is 0. The highest BCUT2D eigenvalue weighted by Gasteiger charge is 2.11. The number of fused-ring (bicyclic) bond motifs is 1. The lowest BCUT2D eigenvalue weighted by Gasteiger charge is -1.97. The average Bonchev–Trinajstić information content (AvgIpc) is 3.29. The van der Waals surface area contributed by atoms with E-state index >= 15 is 0 Å². The first-order chi connectivity index (χ1) is 12.7. The van der Waals surface area contributed by atoms with Crippen molar-refractivity contribution >= 4 is 16.6 Å². The van der Waals surface area contributed by atoms with Gasteiger partial charge in [-0.1, -0.05) is 23.4 Å². The highest BCUT2D eigenvalue weighted by Crippen LogP contribution is 2.22. The van der Waals surface area contributed by atoms with Crippen LogP contribution in [0.15, 0.2) is 59.3 Å². The predicted octanol–water partition coefficient (Wildman–Crippen LogP) is 4.30. The number of rotatable bonds is 6. The first-order valence-electron chi connectivity index (χ1n) is 8.33. The van der Waals surface area contributed by atoms with Gasteiger partial charge in [0.15, 0.2) is 0 Å². The van der Waals surface area contributed by atoms with Crippen LogP contribution in [0.2, 0.25) is 0 Å². The number of hydrogen-bond donors (Lipinski definition) is 1. The lowest BCUT2D eigenvalue weighted by molar-refractivity contribution is -0.384. The van der Waals surface area contributed by atoms with Gasteiger partial charge in [-0.3, -0.25) is 10.1 Å². The molecular formula is C19H16N4O3. The summed E-state index contributed by atoms with van der Waals surface area (Å²) in [6.45, 7) is 0. The molecule has 4 aromatic rings. The number of nitro benzene ring substituents is 1. The van der Waals surface area contributed by atoms with Crippen molar-refractivity contribution in [3.05, 3.63) is 76.3 Å². The summed E-state index contributed by atoms with van der Waals surface area (Å²) in [6.07, 6.45) is 4.53. The summed E-state index contributed by atoms with van der Waals surface area (Å²) in [6, 6.07) is 14.3. The van der Waals surface area contributed by atoms with Gasteiger partial charge < -0.3 is 9.51 Å². The molecule has 0 unspecified atom stereocenters. The molecule has 0 aliphatic rings. The maximum absolute atomic E-state index is 10.7. The molecular weight excluding hydrogens is 332 g/mol. The van der Waals surface area contributed by atoms with Crippen molar-refractivity contribution in [2.45, 2.75) is 19.3 Å². The zero-order valence-electron chi connectivity index (χ0n) is 13.9. The van der Waals surface area contributed by atoms with Gasteiger partial charge in [0, 0.05) is 41.2 Å². The van der Waals surface area contributed by atoms with E-state index in [-0.39, 0.29) is 5.69 Å². The predicted molar refractivity (Wildman–Crippen MR) is 96.7 cm³/mol. The van der Waals surface area contributed by atoms with Gasteiger partial charge in [0.1, 0.15) is 0 Å². The third-order valence-corrected chi connectivity index (χ3v) is 4.32. The quantitative estimate of drug-likeness (QED) is 0.414. The van der Waals surface area contributed by atoms with Crippen LogP contribution in [0, 0.1) is 10.1 Å². The van der Waals surface area contributed by atoms with Crippen LogP contribution < -0.4 is 0 Å². The van der Waals surface area contributed by atoms with E-state index in [2.05, 4.69) is 27.3 Å². The molecule has 7 nitrogen and oxygen atoms in total. The number of hydrogen-bond acceptors (Lipinski definition) is 5. The van der Waals surface area contributed by atoms with E-state index in [0.717, 1.165) is 18.4 Å². The molecule has 1 N–H and O–H groups in total. The molecule has 26 heavy (non-hydrogen) atoms. The van der Waals surface area contributed by atoms with Gasteiger partial charge in [0.05, 0.1) is 4.92 Å². The highest BCUT2D eigenvalue weighted by molar-refractivity contribution is 5.83. The van der Waals surface area contributed by atoms with E-state index in [1.807, 2.05) is 18.3 Å². The fourth-order valence-electron chi connectivity index (χ4n) is 2.97. The zero-order chi connectivity index (χ0) is 17.9. The van der Waals surface area contributed by atoms with Crippen LogP contribution in [0.1, 0.15) is 17.9 Å². The number of nitro groups is 1. The van der Waals surface area contributed by atoms with Crippen LogP contribution in [0.5, 0.6) is 0 Å². The van der Waals surface area contributed by atoms with Gasteiger partial charge in [-0.05, 0) is 36.6 Å². The van der Waals surface area contributed by atoms with Crippen molar-refractivity contribution < 1.29 is 9.45 Å². The molecule has 0 aliphatic heterocycles. The SMILES string of the molecule is O=[N+]([O-])c1ccc(-c2noc(CCCc3c[nH]c4ccccc34)n2)cc1. The Morgan fingerprint density at radius 3 is 2.69 bits per heavy atom. The molecule has 0 saturated carbocycles. The number of nitrogens with zero attached hydrogens (tertiary/aromatic N) is 3. The number of H-pyrrole nitrogens is 1. The van der Waals surface area contributed by atoms with Crippen LogP contribution in [-0.4, -0.2) is 20.0 Å². The fourth-order valence-corrected chi connectivity index (χ4v) is 2.97. The van der Waals surface area contributed by atoms with Crippen molar-refractivity contribution in [1.29, 1.82) is 0 Å². The molecule has 2 aromatic carbocycles. The molecule has 0 amide bonds. The zero-order valence-corrected chi connectivity index (χ0v) is 13.9. The summed E-state index contributed by atoms with van der Waals surface area (Å²) in [5.41, 5.74) is 3.15. The molecule has 2 aromatic heterocycles. The molecule has 0 fully saturated rings. The minimum Gasteiger partial charge on any atom is -0.361 e. The molecule has 0 radical (unpaired) electrons. The van der Waals surface area contributed by atoms with Gasteiger partial charge >= 0.3 is 0 Å². The monoisotopic (exact) mass is 348 g/mol. The first kappa shape index (κ1) is 16.0. The van der Waals surface area contributed by atoms with Crippen LogP contribution >= 0.6 is 0 Å². The van der Waals surface area contributed by atoms with Gasteiger partial charge in [-0.15, -0.1) is 0 Å². The minimum atomic E-state index is -0.434. The van der Waals surface area contributed by atoms with Gasteiger partial charge in [0.2, 0.25) is 11.7 Å². The van der Waals surface area contributed by atoms with Gasteiger partial charge in [-0.2, -0.15) is 4.98 Å². The standard InChI is InChI=1S/C19H16N4O3/c24-23(25)15-10-8-13(9-11-15)19-21-18(26-22-19)7-3-4-14-12-20-17-6-2-1-5-16(14)17/h1-2,5-6,8-12,20H,3-4,7H2. The van der Waals surface area contributed by atoms with E-state index in [1.54, 1.807) is 12.1 Å². The molecule has 0 spiro atoms. The Balaban J connectivity index is 1.40. The van der Waals surface area contributed by atoms with Crippen LogP contribution in [-0.2, 0) is 12.8 Å². The molecule has 7 heteroatoms. The summed E-state index contributed by atoms with van der Waals surface area (Å²) in [4.78, 5) is 17.9. The summed E-state index contributed by atoms with van der Waals surface area (Å²) in [7, 11) is 0. The molecule has 0 bridgehead atoms. The smallest absolute Gasteiger partial charge is 0.269 e. The Kier molecular flexibility index (Phi) is 4.18. The Morgan fingerprint density at radius 1 is 1.08 bits per heavy atom. The minimum absolute atomic E-state index is 0.0381. The molecule has 2 heterocycles. The third kappa shape index (κ3) is 3.19. The molecule has 130 valence electrons. The lowest BCUT2D eigenvalue weighted by atomic mass is 10.1. The molecule has 0 atom stereocenters. The second kappa shape index (κ2) is 6.79. The van der Waals surface area contributed by atoms with E-state index < -0.39 is 4.92 Å². The summed E-state index contributed by atoms with van der Waals surface area (Å²) in [5.74, 6) is 1.01. The highest BCUT2D eigenvalue weighted by atomic mass is 16.6. The number of aryl methyl sites for hydroxylation is 2. The first-order valence-corrected chi connectivity index (χ1v) is 8.33. The fraction of sp³-hybridized carbons (Fsp3) is 0.158. The number of para-hydroxylation sites is 1. The van der Waals surface area contributed by atoms with Crippen LogP contribution in [0.25, 0.3) is 22.3 Å². The van der Waals surface area contributed by atoms with Gasteiger partial charge in [-0.25, -0.2) is 0 Å². The van der Waals surface area contributed by atoms with Crippen molar-refractivity contribution in [2.75, 3.05) is 0 Å². The van der Waals surface area contributed by atoms with E-state index in [1.165, 1.54) is 23.1 Å². The topological polar surface area (TPSA) is 97.9 Å². The number of nitrogens with one attached hydrogen (secondary N) is 1. The van der Waals surface area contributed by atoms with E-state index in [4.69, 9.17) is 4.52 Å². The Labute approximate surface area is 148 Å². The number of benzene rings is 2. The largest absolute Gasteiger partial charge is 0.361 e. The van der Waals surface area contributed by atoms with Crippen molar-refractivity contribution in [2.24, 2.45) is 0 Å². The Morgan fingerprint density at radius 2 is 1.88 bits per heavy atom.